The van der Waals surface area contributed by atoms with Crippen LogP contribution in [-0.2, 0) is 6.42 Å². The van der Waals surface area contributed by atoms with Crippen LogP contribution in [0.25, 0.3) is 0 Å². The zero-order valence-corrected chi connectivity index (χ0v) is 14.0. The van der Waals surface area contributed by atoms with Crippen LogP contribution in [0.3, 0.4) is 0 Å². The van der Waals surface area contributed by atoms with Gasteiger partial charge in [0.25, 0.3) is 0 Å². The first-order valence-corrected chi connectivity index (χ1v) is 7.94. The standard InChI is InChI=1S/C18H20N2O4/c1-21-14-9-11-6-8-20-12-5-4-7-19-18(12)24-10-13(20)15(11)17(23-3)16(14)22-2/h4-5,7,9,13H,6,8,10H2,1-3H3. The third kappa shape index (κ3) is 2.06. The number of pyridine rings is 1. The van der Waals surface area contributed by atoms with Crippen LogP contribution in [0, 0.1) is 0 Å². The van der Waals surface area contributed by atoms with Gasteiger partial charge in [-0.05, 0) is 30.2 Å². The van der Waals surface area contributed by atoms with Gasteiger partial charge in [0.2, 0.25) is 11.6 Å². The van der Waals surface area contributed by atoms with Gasteiger partial charge in [0.1, 0.15) is 12.3 Å². The highest BCUT2D eigenvalue weighted by Gasteiger charge is 2.38. The van der Waals surface area contributed by atoms with Gasteiger partial charge in [-0.25, -0.2) is 4.98 Å². The van der Waals surface area contributed by atoms with Gasteiger partial charge in [-0.15, -0.1) is 0 Å². The van der Waals surface area contributed by atoms with Crippen LogP contribution in [0.15, 0.2) is 24.4 Å². The summed E-state index contributed by atoms with van der Waals surface area (Å²) in [4.78, 5) is 6.67. The summed E-state index contributed by atoms with van der Waals surface area (Å²) < 4.78 is 22.6. The molecule has 126 valence electrons. The molecule has 4 rings (SSSR count). The van der Waals surface area contributed by atoms with E-state index in [0.717, 1.165) is 30.0 Å². The molecule has 1 aromatic carbocycles. The topological polar surface area (TPSA) is 53.1 Å². The minimum Gasteiger partial charge on any atom is -0.493 e. The van der Waals surface area contributed by atoms with E-state index in [4.69, 9.17) is 18.9 Å². The maximum absolute atomic E-state index is 5.90. The zero-order valence-electron chi connectivity index (χ0n) is 14.0. The van der Waals surface area contributed by atoms with Crippen LogP contribution < -0.4 is 23.8 Å². The van der Waals surface area contributed by atoms with Crippen molar-refractivity contribution < 1.29 is 18.9 Å². The Balaban J connectivity index is 1.88. The molecule has 6 nitrogen and oxygen atoms in total. The maximum atomic E-state index is 5.90. The second-order valence-corrected chi connectivity index (χ2v) is 5.82. The normalized spacial score (nSPS) is 18.0. The predicted molar refractivity (Wildman–Crippen MR) is 89.6 cm³/mol. The van der Waals surface area contributed by atoms with Crippen molar-refractivity contribution in [2.45, 2.75) is 12.5 Å². The van der Waals surface area contributed by atoms with Crippen LogP contribution in [-0.4, -0.2) is 39.5 Å². The lowest BCUT2D eigenvalue weighted by Gasteiger charge is -2.42. The molecule has 0 N–H and O–H groups in total. The summed E-state index contributed by atoms with van der Waals surface area (Å²) in [5.41, 5.74) is 3.34. The number of benzene rings is 1. The van der Waals surface area contributed by atoms with Crippen molar-refractivity contribution >= 4 is 5.69 Å². The first-order valence-electron chi connectivity index (χ1n) is 7.94. The first-order chi connectivity index (χ1) is 11.8. The Labute approximate surface area is 140 Å². The number of fused-ring (bicyclic) bond motifs is 5. The Hall–Kier alpha value is -2.63. The lowest BCUT2D eigenvalue weighted by atomic mass is 9.90. The fourth-order valence-electron chi connectivity index (χ4n) is 3.69. The summed E-state index contributed by atoms with van der Waals surface area (Å²) in [5.74, 6) is 2.73. The van der Waals surface area contributed by atoms with E-state index in [1.807, 2.05) is 18.2 Å². The molecule has 2 aromatic rings. The van der Waals surface area contributed by atoms with Crippen LogP contribution in [0.5, 0.6) is 23.1 Å². The molecule has 3 heterocycles. The quantitative estimate of drug-likeness (QED) is 0.863. The fraction of sp³-hybridized carbons (Fsp3) is 0.389. The van der Waals surface area contributed by atoms with Crippen molar-refractivity contribution in [3.05, 3.63) is 35.5 Å². The van der Waals surface area contributed by atoms with E-state index in [-0.39, 0.29) is 6.04 Å². The monoisotopic (exact) mass is 328 g/mol. The van der Waals surface area contributed by atoms with E-state index in [0.29, 0.717) is 24.0 Å². The van der Waals surface area contributed by atoms with Crippen molar-refractivity contribution in [1.82, 2.24) is 4.98 Å². The SMILES string of the molecule is COc1cc2c(c(OC)c1OC)C1COc3ncccc3N1CC2. The summed E-state index contributed by atoms with van der Waals surface area (Å²) in [6.07, 6.45) is 2.66. The number of anilines is 1. The lowest BCUT2D eigenvalue weighted by Crippen LogP contribution is -2.42. The molecule has 0 fully saturated rings. The van der Waals surface area contributed by atoms with Gasteiger partial charge < -0.3 is 23.8 Å². The van der Waals surface area contributed by atoms with E-state index in [1.165, 1.54) is 5.56 Å². The number of hydrogen-bond donors (Lipinski definition) is 0. The van der Waals surface area contributed by atoms with Gasteiger partial charge in [-0.2, -0.15) is 0 Å². The van der Waals surface area contributed by atoms with Gasteiger partial charge in [-0.1, -0.05) is 0 Å². The Bertz CT molecular complexity index is 778. The molecule has 1 aromatic heterocycles. The highest BCUT2D eigenvalue weighted by molar-refractivity contribution is 5.66. The Kier molecular flexibility index (Phi) is 3.59. The molecule has 0 amide bonds. The molecule has 0 aliphatic carbocycles. The summed E-state index contributed by atoms with van der Waals surface area (Å²) in [5, 5.41) is 0. The van der Waals surface area contributed by atoms with Crippen LogP contribution in [0.4, 0.5) is 5.69 Å². The predicted octanol–water partition coefficient (Wildman–Crippen LogP) is 2.60. The smallest absolute Gasteiger partial charge is 0.237 e. The van der Waals surface area contributed by atoms with Crippen molar-refractivity contribution in [2.75, 3.05) is 39.4 Å². The molecule has 0 radical (unpaired) electrons. The third-order valence-corrected chi connectivity index (χ3v) is 4.72. The number of aromatic nitrogens is 1. The van der Waals surface area contributed by atoms with Crippen LogP contribution in [0.2, 0.25) is 0 Å². The Morgan fingerprint density at radius 1 is 1.17 bits per heavy atom. The van der Waals surface area contributed by atoms with E-state index in [9.17, 15) is 0 Å². The van der Waals surface area contributed by atoms with Crippen LogP contribution >= 0.6 is 0 Å². The second kappa shape index (κ2) is 5.78. The molecule has 0 spiro atoms. The molecule has 1 unspecified atom stereocenters. The zero-order chi connectivity index (χ0) is 16.7. The average Bonchev–Trinajstić information content (AvgIpc) is 2.65. The maximum Gasteiger partial charge on any atom is 0.237 e. The van der Waals surface area contributed by atoms with E-state index in [2.05, 4.69) is 9.88 Å². The highest BCUT2D eigenvalue weighted by Crippen LogP contribution is 2.50. The molecule has 24 heavy (non-hydrogen) atoms. The molecule has 1 atom stereocenters. The minimum absolute atomic E-state index is 0.0696. The molecule has 2 aliphatic heterocycles. The van der Waals surface area contributed by atoms with Crippen molar-refractivity contribution in [3.8, 4) is 23.1 Å². The van der Waals surface area contributed by atoms with Gasteiger partial charge in [-0.3, -0.25) is 0 Å². The van der Waals surface area contributed by atoms with Crippen molar-refractivity contribution in [3.63, 3.8) is 0 Å². The second-order valence-electron chi connectivity index (χ2n) is 5.82. The van der Waals surface area contributed by atoms with Gasteiger partial charge in [0.15, 0.2) is 11.5 Å². The number of rotatable bonds is 3. The molecule has 0 bridgehead atoms. The summed E-state index contributed by atoms with van der Waals surface area (Å²) in [6, 6.07) is 6.10. The molecular weight excluding hydrogens is 308 g/mol. The van der Waals surface area contributed by atoms with Crippen molar-refractivity contribution in [2.24, 2.45) is 0 Å². The summed E-state index contributed by atoms with van der Waals surface area (Å²) in [7, 11) is 4.93. The molecule has 0 saturated heterocycles. The fourth-order valence-corrected chi connectivity index (χ4v) is 3.69. The summed E-state index contributed by atoms with van der Waals surface area (Å²) in [6.45, 7) is 1.43. The first kappa shape index (κ1) is 14.9. The van der Waals surface area contributed by atoms with Gasteiger partial charge >= 0.3 is 0 Å². The molecule has 6 heteroatoms. The Morgan fingerprint density at radius 2 is 2.00 bits per heavy atom. The lowest BCUT2D eigenvalue weighted by molar-refractivity contribution is 0.243. The largest absolute Gasteiger partial charge is 0.493 e. The number of hydrogen-bond acceptors (Lipinski definition) is 6. The molecule has 2 aliphatic rings. The number of methoxy groups -OCH3 is 3. The molecule has 0 saturated carbocycles. The third-order valence-electron chi connectivity index (χ3n) is 4.72. The van der Waals surface area contributed by atoms with Crippen molar-refractivity contribution in [1.29, 1.82) is 0 Å². The van der Waals surface area contributed by atoms with E-state index >= 15 is 0 Å². The van der Waals surface area contributed by atoms with Crippen LogP contribution in [0.1, 0.15) is 17.2 Å². The minimum atomic E-state index is 0.0696. The highest BCUT2D eigenvalue weighted by atomic mass is 16.5. The van der Waals surface area contributed by atoms with E-state index in [1.54, 1.807) is 27.5 Å². The Morgan fingerprint density at radius 3 is 2.75 bits per heavy atom. The molecular formula is C18H20N2O4. The average molecular weight is 328 g/mol. The summed E-state index contributed by atoms with van der Waals surface area (Å²) >= 11 is 0. The van der Waals surface area contributed by atoms with E-state index < -0.39 is 0 Å². The van der Waals surface area contributed by atoms with Gasteiger partial charge in [0, 0.05) is 18.3 Å². The number of ether oxygens (including phenoxy) is 4. The van der Waals surface area contributed by atoms with Gasteiger partial charge in [0.05, 0.1) is 27.4 Å². The number of nitrogens with zero attached hydrogens (tertiary/aromatic N) is 2.